The normalized spacial score (nSPS) is 9.56. The number of carbonyl (C=O) groups excluding carboxylic acids is 1. The van der Waals surface area contributed by atoms with Crippen molar-refractivity contribution in [2.24, 2.45) is 0 Å². The molecule has 1 amide bonds. The number of rotatable bonds is 4. The van der Waals surface area contributed by atoms with Crippen LogP contribution in [0.5, 0.6) is 0 Å². The van der Waals surface area contributed by atoms with Crippen molar-refractivity contribution in [2.75, 3.05) is 13.6 Å². The average Bonchev–Trinajstić information content (AvgIpc) is 2.28. The second-order valence-electron chi connectivity index (χ2n) is 3.24. The Hall–Kier alpha value is -1.93. The molecule has 4 nitrogen and oxygen atoms in total. The summed E-state index contributed by atoms with van der Waals surface area (Å²) in [5.74, 6) is -0.590. The molecule has 0 fully saturated rings. The van der Waals surface area contributed by atoms with Crippen LogP contribution in [0.2, 0.25) is 0 Å². The molecule has 0 bridgehead atoms. The van der Waals surface area contributed by atoms with Crippen molar-refractivity contribution in [1.82, 2.24) is 10.6 Å². The lowest BCUT2D eigenvalue weighted by molar-refractivity contribution is -0.119. The largest absolute Gasteiger partial charge is 0.358 e. The molecule has 0 spiro atoms. The lowest BCUT2D eigenvalue weighted by Gasteiger charge is -2.04. The number of hydrogen-bond acceptors (Lipinski definition) is 3. The molecule has 0 saturated heterocycles. The van der Waals surface area contributed by atoms with Crippen LogP contribution in [0.15, 0.2) is 18.2 Å². The Kier molecular flexibility index (Phi) is 4.42. The van der Waals surface area contributed by atoms with E-state index in [1.165, 1.54) is 12.1 Å². The molecule has 0 aromatic heterocycles. The summed E-state index contributed by atoms with van der Waals surface area (Å²) in [7, 11) is 1.54. The maximum Gasteiger partial charge on any atom is 0.233 e. The Morgan fingerprint density at radius 1 is 1.50 bits per heavy atom. The van der Waals surface area contributed by atoms with Gasteiger partial charge >= 0.3 is 0 Å². The van der Waals surface area contributed by atoms with Gasteiger partial charge in [0.2, 0.25) is 5.91 Å². The smallest absolute Gasteiger partial charge is 0.233 e. The zero-order valence-electron chi connectivity index (χ0n) is 8.88. The fraction of sp³-hybridized carbons (Fsp3) is 0.273. The van der Waals surface area contributed by atoms with Crippen molar-refractivity contribution in [3.8, 4) is 6.07 Å². The summed E-state index contributed by atoms with van der Waals surface area (Å²) in [6.07, 6.45) is 0. The van der Waals surface area contributed by atoms with Gasteiger partial charge in [0, 0.05) is 13.6 Å². The molecule has 5 heteroatoms. The standard InChI is InChI=1S/C11H12FN3O/c1-14-11(16)7-15-6-9-2-8(5-13)3-10(12)4-9/h2-4,15H,6-7H2,1H3,(H,14,16). The minimum atomic E-state index is -0.448. The molecule has 2 N–H and O–H groups in total. The van der Waals surface area contributed by atoms with Crippen LogP contribution in [0.1, 0.15) is 11.1 Å². The third-order valence-corrected chi connectivity index (χ3v) is 1.98. The Bertz CT molecular complexity index is 426. The highest BCUT2D eigenvalue weighted by Gasteiger charge is 2.01. The quantitative estimate of drug-likeness (QED) is 0.779. The van der Waals surface area contributed by atoms with Crippen LogP contribution < -0.4 is 10.6 Å². The number of benzene rings is 1. The molecular formula is C11H12FN3O. The van der Waals surface area contributed by atoms with Crippen LogP contribution >= 0.6 is 0 Å². The van der Waals surface area contributed by atoms with Crippen molar-refractivity contribution in [2.45, 2.75) is 6.54 Å². The van der Waals surface area contributed by atoms with E-state index in [-0.39, 0.29) is 18.0 Å². The van der Waals surface area contributed by atoms with Gasteiger partial charge in [0.1, 0.15) is 5.82 Å². The third kappa shape index (κ3) is 3.67. The predicted molar refractivity (Wildman–Crippen MR) is 56.9 cm³/mol. The molecule has 84 valence electrons. The minimum Gasteiger partial charge on any atom is -0.358 e. The van der Waals surface area contributed by atoms with E-state index in [4.69, 9.17) is 5.26 Å². The van der Waals surface area contributed by atoms with Gasteiger partial charge in [-0.2, -0.15) is 5.26 Å². The fourth-order valence-corrected chi connectivity index (χ4v) is 1.23. The second kappa shape index (κ2) is 5.83. The number of carbonyl (C=O) groups is 1. The van der Waals surface area contributed by atoms with Gasteiger partial charge < -0.3 is 10.6 Å². The fourth-order valence-electron chi connectivity index (χ4n) is 1.23. The molecule has 0 aliphatic rings. The summed E-state index contributed by atoms with van der Waals surface area (Å²) in [6, 6.07) is 5.95. The average molecular weight is 221 g/mol. The first-order chi connectivity index (χ1) is 7.65. The molecule has 1 aromatic rings. The van der Waals surface area contributed by atoms with Gasteiger partial charge in [-0.1, -0.05) is 0 Å². The van der Waals surface area contributed by atoms with Crippen molar-refractivity contribution >= 4 is 5.91 Å². The number of nitrogens with one attached hydrogen (secondary N) is 2. The maximum absolute atomic E-state index is 13.0. The first-order valence-electron chi connectivity index (χ1n) is 4.76. The summed E-state index contributed by atoms with van der Waals surface area (Å²) in [5, 5.41) is 13.9. The molecule has 0 aliphatic carbocycles. The number of amides is 1. The lowest BCUT2D eigenvalue weighted by atomic mass is 10.1. The van der Waals surface area contributed by atoms with Crippen LogP contribution in [-0.4, -0.2) is 19.5 Å². The Balaban J connectivity index is 2.57. The molecule has 0 atom stereocenters. The number of halogens is 1. The molecular weight excluding hydrogens is 209 g/mol. The maximum atomic E-state index is 13.0. The topological polar surface area (TPSA) is 64.9 Å². The first-order valence-corrected chi connectivity index (χ1v) is 4.76. The molecule has 0 heterocycles. The summed E-state index contributed by atoms with van der Waals surface area (Å²) in [6.45, 7) is 0.509. The van der Waals surface area contributed by atoms with Crippen molar-refractivity contribution < 1.29 is 9.18 Å². The molecule has 1 aromatic carbocycles. The number of hydrogen-bond donors (Lipinski definition) is 2. The Labute approximate surface area is 93.1 Å². The van der Waals surface area contributed by atoms with Crippen LogP contribution in [0, 0.1) is 17.1 Å². The van der Waals surface area contributed by atoms with Gasteiger partial charge in [-0.05, 0) is 23.8 Å². The first kappa shape index (κ1) is 12.1. The van der Waals surface area contributed by atoms with E-state index in [9.17, 15) is 9.18 Å². The summed E-state index contributed by atoms with van der Waals surface area (Å²) in [5.41, 5.74) is 0.914. The van der Waals surface area contributed by atoms with E-state index >= 15 is 0 Å². The lowest BCUT2D eigenvalue weighted by Crippen LogP contribution is -2.30. The molecule has 0 radical (unpaired) electrons. The monoisotopic (exact) mass is 221 g/mol. The number of likely N-dealkylation sites (N-methyl/N-ethyl adjacent to an activating group) is 1. The predicted octanol–water partition coefficient (Wildman–Crippen LogP) is 0.533. The van der Waals surface area contributed by atoms with Gasteiger partial charge in [0.25, 0.3) is 0 Å². The molecule has 0 saturated carbocycles. The van der Waals surface area contributed by atoms with Gasteiger partial charge in [0.15, 0.2) is 0 Å². The van der Waals surface area contributed by atoms with Crippen LogP contribution in [0.3, 0.4) is 0 Å². The molecule has 1 rings (SSSR count). The summed E-state index contributed by atoms with van der Waals surface area (Å²) in [4.78, 5) is 10.9. The summed E-state index contributed by atoms with van der Waals surface area (Å²) >= 11 is 0. The highest BCUT2D eigenvalue weighted by Crippen LogP contribution is 2.08. The van der Waals surface area contributed by atoms with Gasteiger partial charge in [0.05, 0.1) is 18.2 Å². The van der Waals surface area contributed by atoms with Crippen LogP contribution in [0.25, 0.3) is 0 Å². The molecule has 16 heavy (non-hydrogen) atoms. The van der Waals surface area contributed by atoms with E-state index in [2.05, 4.69) is 10.6 Å². The number of nitriles is 1. The van der Waals surface area contributed by atoms with Crippen LogP contribution in [-0.2, 0) is 11.3 Å². The summed E-state index contributed by atoms with van der Waals surface area (Å²) < 4.78 is 13.0. The third-order valence-electron chi connectivity index (χ3n) is 1.98. The van der Waals surface area contributed by atoms with E-state index in [0.717, 1.165) is 0 Å². The van der Waals surface area contributed by atoms with Gasteiger partial charge in [-0.15, -0.1) is 0 Å². The zero-order chi connectivity index (χ0) is 12.0. The molecule has 0 aliphatic heterocycles. The van der Waals surface area contributed by atoms with E-state index < -0.39 is 5.82 Å². The Morgan fingerprint density at radius 2 is 2.25 bits per heavy atom. The van der Waals surface area contributed by atoms with Crippen molar-refractivity contribution in [1.29, 1.82) is 5.26 Å². The highest BCUT2D eigenvalue weighted by molar-refractivity contribution is 5.77. The molecule has 0 unspecified atom stereocenters. The second-order valence-corrected chi connectivity index (χ2v) is 3.24. The zero-order valence-corrected chi connectivity index (χ0v) is 8.88. The van der Waals surface area contributed by atoms with E-state index in [0.29, 0.717) is 12.1 Å². The highest BCUT2D eigenvalue weighted by atomic mass is 19.1. The van der Waals surface area contributed by atoms with Crippen molar-refractivity contribution in [3.05, 3.63) is 35.1 Å². The van der Waals surface area contributed by atoms with Crippen molar-refractivity contribution in [3.63, 3.8) is 0 Å². The van der Waals surface area contributed by atoms with Crippen LogP contribution in [0.4, 0.5) is 4.39 Å². The number of nitrogens with zero attached hydrogens (tertiary/aromatic N) is 1. The van der Waals surface area contributed by atoms with Gasteiger partial charge in [-0.25, -0.2) is 4.39 Å². The van der Waals surface area contributed by atoms with E-state index in [1.54, 1.807) is 13.1 Å². The van der Waals surface area contributed by atoms with Gasteiger partial charge in [-0.3, -0.25) is 4.79 Å². The SMILES string of the molecule is CNC(=O)CNCc1cc(F)cc(C#N)c1. The Morgan fingerprint density at radius 3 is 2.88 bits per heavy atom. The minimum absolute atomic E-state index is 0.142. The van der Waals surface area contributed by atoms with E-state index in [1.807, 2.05) is 6.07 Å².